The third kappa shape index (κ3) is 2.69. The van der Waals surface area contributed by atoms with Gasteiger partial charge in [-0.2, -0.15) is 5.10 Å². The number of amides is 1. The number of benzene rings is 1. The van der Waals surface area contributed by atoms with Crippen LogP contribution in [-0.4, -0.2) is 20.6 Å². The molecule has 1 aromatic heterocycles. The molecule has 1 aromatic carbocycles. The lowest BCUT2D eigenvalue weighted by Gasteiger charge is -2.24. The first kappa shape index (κ1) is 14.2. The number of rotatable bonds is 4. The number of aromatic nitrogens is 2. The Kier molecular flexibility index (Phi) is 3.62. The minimum absolute atomic E-state index is 0.00862. The number of hydrogen-bond donors (Lipinski definition) is 1. The second-order valence-corrected chi connectivity index (χ2v) is 5.47. The number of nitrogens with zero attached hydrogens (tertiary/aromatic N) is 3. The molecule has 2 aromatic rings. The van der Waals surface area contributed by atoms with E-state index in [9.17, 15) is 14.9 Å². The molecule has 0 radical (unpaired) electrons. The maximum absolute atomic E-state index is 12.1. The highest BCUT2D eigenvalue weighted by Gasteiger charge is 2.26. The third-order valence-corrected chi connectivity index (χ3v) is 3.86. The molecule has 0 unspecified atom stereocenters. The van der Waals surface area contributed by atoms with Crippen molar-refractivity contribution in [2.45, 2.75) is 26.2 Å². The Morgan fingerprint density at radius 2 is 2.05 bits per heavy atom. The summed E-state index contributed by atoms with van der Waals surface area (Å²) in [5, 5.41) is 17.9. The van der Waals surface area contributed by atoms with Crippen LogP contribution >= 0.6 is 0 Å². The maximum Gasteiger partial charge on any atom is 0.269 e. The van der Waals surface area contributed by atoms with Crippen LogP contribution in [0.4, 0.5) is 11.5 Å². The highest BCUT2D eigenvalue weighted by atomic mass is 16.6. The number of nitrogens with one attached hydrogen (secondary N) is 1. The van der Waals surface area contributed by atoms with Crippen LogP contribution < -0.4 is 5.32 Å². The van der Waals surface area contributed by atoms with Gasteiger partial charge in [0.1, 0.15) is 5.82 Å². The van der Waals surface area contributed by atoms with E-state index in [1.165, 1.54) is 12.1 Å². The van der Waals surface area contributed by atoms with Crippen molar-refractivity contribution in [2.75, 3.05) is 5.32 Å². The molecule has 114 valence electrons. The molecule has 1 saturated carbocycles. The van der Waals surface area contributed by atoms with Gasteiger partial charge in [-0.05, 0) is 31.9 Å². The summed E-state index contributed by atoms with van der Waals surface area (Å²) in [5.41, 5.74) is 1.46. The topological polar surface area (TPSA) is 90.1 Å². The van der Waals surface area contributed by atoms with Gasteiger partial charge in [0.15, 0.2) is 0 Å². The number of aryl methyl sites for hydroxylation is 1. The van der Waals surface area contributed by atoms with Gasteiger partial charge >= 0.3 is 0 Å². The Labute approximate surface area is 127 Å². The van der Waals surface area contributed by atoms with E-state index >= 15 is 0 Å². The second kappa shape index (κ2) is 5.59. The largest absolute Gasteiger partial charge is 0.310 e. The van der Waals surface area contributed by atoms with Gasteiger partial charge < -0.3 is 5.32 Å². The molecule has 1 N–H and O–H groups in total. The summed E-state index contributed by atoms with van der Waals surface area (Å²) < 4.78 is 1.59. The first-order valence-electron chi connectivity index (χ1n) is 7.17. The minimum Gasteiger partial charge on any atom is -0.310 e. The summed E-state index contributed by atoms with van der Waals surface area (Å²) in [7, 11) is 0. The van der Waals surface area contributed by atoms with E-state index in [1.54, 1.807) is 22.9 Å². The number of carbonyl (C=O) groups is 1. The highest BCUT2D eigenvalue weighted by Crippen LogP contribution is 2.28. The number of hydrogen-bond acceptors (Lipinski definition) is 4. The van der Waals surface area contributed by atoms with Gasteiger partial charge in [-0.15, -0.1) is 0 Å². The lowest BCUT2D eigenvalue weighted by atomic mass is 9.85. The van der Waals surface area contributed by atoms with Crippen molar-refractivity contribution in [2.24, 2.45) is 5.92 Å². The Morgan fingerprint density at radius 1 is 1.36 bits per heavy atom. The predicted molar refractivity (Wildman–Crippen MR) is 80.9 cm³/mol. The molecule has 7 nitrogen and oxygen atoms in total. The molecule has 1 fully saturated rings. The van der Waals surface area contributed by atoms with Gasteiger partial charge in [0.2, 0.25) is 5.91 Å². The van der Waals surface area contributed by atoms with Crippen LogP contribution in [-0.2, 0) is 4.79 Å². The van der Waals surface area contributed by atoms with Crippen molar-refractivity contribution in [3.05, 3.63) is 46.1 Å². The fraction of sp³-hybridized carbons (Fsp3) is 0.333. The summed E-state index contributed by atoms with van der Waals surface area (Å²) in [6.07, 6.45) is 2.95. The standard InChI is InChI=1S/C15H16N4O3/c1-10-9-14(16-15(20)11-3-2-4-11)18(17-10)12-5-7-13(8-6-12)19(21)22/h5-9,11H,2-4H2,1H3,(H,16,20). The number of carbonyl (C=O) groups excluding carboxylic acids is 1. The Morgan fingerprint density at radius 3 is 2.59 bits per heavy atom. The molecular formula is C15H16N4O3. The van der Waals surface area contributed by atoms with Gasteiger partial charge in [-0.25, -0.2) is 4.68 Å². The SMILES string of the molecule is Cc1cc(NC(=O)C2CCC2)n(-c2ccc([N+](=O)[O-])cc2)n1. The van der Waals surface area contributed by atoms with Gasteiger partial charge in [0, 0.05) is 24.1 Å². The summed E-state index contributed by atoms with van der Waals surface area (Å²) in [5.74, 6) is 0.679. The zero-order valence-corrected chi connectivity index (χ0v) is 12.2. The van der Waals surface area contributed by atoms with Gasteiger partial charge in [-0.3, -0.25) is 14.9 Å². The molecule has 7 heteroatoms. The number of anilines is 1. The Bertz CT molecular complexity index is 717. The Balaban J connectivity index is 1.86. The molecule has 1 aliphatic carbocycles. The molecule has 22 heavy (non-hydrogen) atoms. The molecule has 1 aliphatic rings. The molecule has 0 aliphatic heterocycles. The lowest BCUT2D eigenvalue weighted by molar-refractivity contribution is -0.384. The summed E-state index contributed by atoms with van der Waals surface area (Å²) in [4.78, 5) is 22.3. The van der Waals surface area contributed by atoms with Crippen LogP contribution in [0.1, 0.15) is 25.0 Å². The van der Waals surface area contributed by atoms with Crippen LogP contribution in [0.15, 0.2) is 30.3 Å². The van der Waals surface area contributed by atoms with E-state index in [0.29, 0.717) is 11.5 Å². The minimum atomic E-state index is -0.447. The maximum atomic E-state index is 12.1. The van der Waals surface area contributed by atoms with Crippen molar-refractivity contribution in [1.29, 1.82) is 0 Å². The monoisotopic (exact) mass is 300 g/mol. The van der Waals surface area contributed by atoms with Gasteiger partial charge in [0.05, 0.1) is 16.3 Å². The van der Waals surface area contributed by atoms with E-state index in [-0.39, 0.29) is 17.5 Å². The van der Waals surface area contributed by atoms with E-state index in [4.69, 9.17) is 0 Å². The fourth-order valence-corrected chi connectivity index (χ4v) is 2.40. The summed E-state index contributed by atoms with van der Waals surface area (Å²) in [6, 6.07) is 7.86. The zero-order chi connectivity index (χ0) is 15.7. The first-order chi connectivity index (χ1) is 10.5. The van der Waals surface area contributed by atoms with E-state index < -0.39 is 4.92 Å². The fourth-order valence-electron chi connectivity index (χ4n) is 2.40. The third-order valence-electron chi connectivity index (χ3n) is 3.86. The number of nitro benzene ring substituents is 1. The molecule has 1 amide bonds. The smallest absolute Gasteiger partial charge is 0.269 e. The molecule has 0 spiro atoms. The van der Waals surface area contributed by atoms with Crippen molar-refractivity contribution in [3.8, 4) is 5.69 Å². The zero-order valence-electron chi connectivity index (χ0n) is 12.2. The summed E-state index contributed by atoms with van der Waals surface area (Å²) in [6.45, 7) is 1.83. The van der Waals surface area contributed by atoms with Crippen LogP contribution in [0.3, 0.4) is 0 Å². The number of non-ortho nitro benzene ring substituents is 1. The quantitative estimate of drug-likeness (QED) is 0.694. The van der Waals surface area contributed by atoms with Gasteiger partial charge in [-0.1, -0.05) is 6.42 Å². The molecule has 0 saturated heterocycles. The summed E-state index contributed by atoms with van der Waals surface area (Å²) >= 11 is 0. The van der Waals surface area contributed by atoms with Crippen molar-refractivity contribution >= 4 is 17.4 Å². The molecule has 0 bridgehead atoms. The predicted octanol–water partition coefficient (Wildman–Crippen LogP) is 2.83. The molecule has 1 heterocycles. The normalized spacial score (nSPS) is 14.4. The van der Waals surface area contributed by atoms with E-state index in [1.807, 2.05) is 6.92 Å². The lowest BCUT2D eigenvalue weighted by Crippen LogP contribution is -2.28. The molecule has 0 atom stereocenters. The van der Waals surface area contributed by atoms with Crippen LogP contribution in [0.25, 0.3) is 5.69 Å². The van der Waals surface area contributed by atoms with Crippen molar-refractivity contribution in [1.82, 2.24) is 9.78 Å². The van der Waals surface area contributed by atoms with E-state index in [2.05, 4.69) is 10.4 Å². The van der Waals surface area contributed by atoms with Crippen LogP contribution in [0.5, 0.6) is 0 Å². The van der Waals surface area contributed by atoms with Gasteiger partial charge in [0.25, 0.3) is 5.69 Å². The van der Waals surface area contributed by atoms with Crippen LogP contribution in [0, 0.1) is 23.0 Å². The van der Waals surface area contributed by atoms with E-state index in [0.717, 1.165) is 25.0 Å². The average Bonchev–Trinajstić information content (AvgIpc) is 2.77. The first-order valence-corrected chi connectivity index (χ1v) is 7.17. The highest BCUT2D eigenvalue weighted by molar-refractivity contribution is 5.92. The van der Waals surface area contributed by atoms with Crippen LogP contribution in [0.2, 0.25) is 0 Å². The molecule has 3 rings (SSSR count). The number of nitro groups is 1. The van der Waals surface area contributed by atoms with Crippen molar-refractivity contribution in [3.63, 3.8) is 0 Å². The molecular weight excluding hydrogens is 284 g/mol. The second-order valence-electron chi connectivity index (χ2n) is 5.47. The van der Waals surface area contributed by atoms with Crippen molar-refractivity contribution < 1.29 is 9.72 Å². The average molecular weight is 300 g/mol. The Hall–Kier alpha value is -2.70.